The molecule has 0 bridgehead atoms. The van der Waals surface area contributed by atoms with Crippen LogP contribution >= 0.6 is 37.1 Å². The second kappa shape index (κ2) is 3.41. The molecular weight excluding hydrogens is 295 g/mol. The lowest BCUT2D eigenvalue weighted by atomic mass is 10.4. The normalized spacial score (nSPS) is 9.44. The Morgan fingerprint density at radius 2 is 2.44 bits per heavy atom. The van der Waals surface area contributed by atoms with Gasteiger partial charge in [-0.15, -0.1) is 0 Å². The Labute approximate surface area is 72.2 Å². The molecule has 3 heteroatoms. The van der Waals surface area contributed by atoms with E-state index in [0.717, 1.165) is 8.04 Å². The molecular formula is C6H3BrIO. The largest absolute Gasteiger partial charge is 0.265 e. The van der Waals surface area contributed by atoms with E-state index < -0.39 is 21.2 Å². The SMILES string of the molecule is O=Ic1[c]cccc1Br. The van der Waals surface area contributed by atoms with Gasteiger partial charge in [-0.3, -0.25) is 3.07 Å². The van der Waals surface area contributed by atoms with Gasteiger partial charge in [-0.1, -0.05) is 12.1 Å². The first-order valence-corrected chi connectivity index (χ1v) is 5.03. The van der Waals surface area contributed by atoms with Crippen molar-refractivity contribution >= 4 is 37.1 Å². The van der Waals surface area contributed by atoms with Crippen LogP contribution in [0.4, 0.5) is 0 Å². The first-order chi connectivity index (χ1) is 4.34. The molecule has 1 rings (SSSR count). The van der Waals surface area contributed by atoms with Gasteiger partial charge in [-0.05, 0) is 28.1 Å². The van der Waals surface area contributed by atoms with Gasteiger partial charge in [0, 0.05) is 4.47 Å². The van der Waals surface area contributed by atoms with Crippen molar-refractivity contribution in [3.05, 3.63) is 32.3 Å². The van der Waals surface area contributed by atoms with Crippen LogP contribution in [0, 0.1) is 9.64 Å². The zero-order valence-corrected chi connectivity index (χ0v) is 8.14. The van der Waals surface area contributed by atoms with Gasteiger partial charge < -0.3 is 0 Å². The average molecular weight is 298 g/mol. The second-order valence-electron chi connectivity index (χ2n) is 1.41. The van der Waals surface area contributed by atoms with Gasteiger partial charge in [-0.25, -0.2) is 0 Å². The van der Waals surface area contributed by atoms with E-state index in [4.69, 9.17) is 0 Å². The van der Waals surface area contributed by atoms with Crippen LogP contribution in [0.15, 0.2) is 22.7 Å². The third-order valence-electron chi connectivity index (χ3n) is 0.836. The standard InChI is InChI=1S/C6H3BrIO/c7-5-3-1-2-4-6(5)8-9/h1-3H. The average Bonchev–Trinajstić information content (AvgIpc) is 1.89. The van der Waals surface area contributed by atoms with Gasteiger partial charge in [0.05, 0.1) is 3.57 Å². The maximum atomic E-state index is 10.4. The topological polar surface area (TPSA) is 17.1 Å². The van der Waals surface area contributed by atoms with Gasteiger partial charge in [0.15, 0.2) is 21.2 Å². The van der Waals surface area contributed by atoms with Crippen LogP contribution in [0.3, 0.4) is 0 Å². The lowest BCUT2D eigenvalue weighted by Crippen LogP contribution is -1.70. The molecule has 0 heterocycles. The first-order valence-electron chi connectivity index (χ1n) is 2.28. The van der Waals surface area contributed by atoms with E-state index in [9.17, 15) is 3.07 Å². The van der Waals surface area contributed by atoms with Crippen molar-refractivity contribution in [2.24, 2.45) is 0 Å². The molecule has 0 N–H and O–H groups in total. The molecule has 0 aliphatic carbocycles. The van der Waals surface area contributed by atoms with E-state index in [-0.39, 0.29) is 0 Å². The Bertz CT molecular complexity index is 224. The predicted octanol–water partition coefficient (Wildman–Crippen LogP) is 2.74. The summed E-state index contributed by atoms with van der Waals surface area (Å²) in [6.07, 6.45) is 0. The minimum atomic E-state index is -1.06. The summed E-state index contributed by atoms with van der Waals surface area (Å²) < 4.78 is 12.1. The zero-order valence-electron chi connectivity index (χ0n) is 4.40. The summed E-state index contributed by atoms with van der Waals surface area (Å²) in [5.74, 6) is 0. The molecule has 1 nitrogen and oxygen atoms in total. The maximum absolute atomic E-state index is 10.4. The van der Waals surface area contributed by atoms with Crippen LogP contribution < -0.4 is 0 Å². The second-order valence-corrected chi connectivity index (χ2v) is 3.78. The Morgan fingerprint density at radius 3 is 2.89 bits per heavy atom. The smallest absolute Gasteiger partial charge is 0.183 e. The highest BCUT2D eigenvalue weighted by Crippen LogP contribution is 2.19. The van der Waals surface area contributed by atoms with Gasteiger partial charge >= 0.3 is 0 Å². The predicted molar refractivity (Wildman–Crippen MR) is 46.4 cm³/mol. The third kappa shape index (κ3) is 1.82. The quantitative estimate of drug-likeness (QED) is 0.729. The van der Waals surface area contributed by atoms with Crippen molar-refractivity contribution in [3.8, 4) is 0 Å². The fraction of sp³-hybridized carbons (Fsp3) is 0. The molecule has 0 amide bonds. The number of hydrogen-bond acceptors (Lipinski definition) is 1. The fourth-order valence-electron chi connectivity index (χ4n) is 0.455. The highest BCUT2D eigenvalue weighted by molar-refractivity contribution is 14.1. The molecule has 1 radical (unpaired) electrons. The molecule has 1 aromatic carbocycles. The monoisotopic (exact) mass is 297 g/mol. The lowest BCUT2D eigenvalue weighted by molar-refractivity contribution is 0.648. The lowest BCUT2D eigenvalue weighted by Gasteiger charge is -1.88. The molecule has 9 heavy (non-hydrogen) atoms. The van der Waals surface area contributed by atoms with Crippen molar-refractivity contribution in [2.75, 3.05) is 0 Å². The number of benzene rings is 1. The molecule has 1 aromatic rings. The fourth-order valence-corrected chi connectivity index (χ4v) is 1.83. The molecule has 0 atom stereocenters. The van der Waals surface area contributed by atoms with Crippen LogP contribution in [0.1, 0.15) is 0 Å². The molecule has 47 valence electrons. The van der Waals surface area contributed by atoms with Crippen molar-refractivity contribution in [2.45, 2.75) is 0 Å². The van der Waals surface area contributed by atoms with Crippen molar-refractivity contribution in [1.29, 1.82) is 0 Å². The van der Waals surface area contributed by atoms with E-state index in [1.54, 1.807) is 6.07 Å². The van der Waals surface area contributed by atoms with E-state index in [2.05, 4.69) is 22.0 Å². The number of halogens is 2. The Morgan fingerprint density at radius 1 is 1.67 bits per heavy atom. The molecule has 0 saturated heterocycles. The van der Waals surface area contributed by atoms with Crippen LogP contribution in [-0.4, -0.2) is 0 Å². The number of hydrogen-bond donors (Lipinski definition) is 0. The molecule has 0 unspecified atom stereocenters. The summed E-state index contributed by atoms with van der Waals surface area (Å²) in [6, 6.07) is 8.36. The summed E-state index contributed by atoms with van der Waals surface area (Å²) in [6.45, 7) is 0. The van der Waals surface area contributed by atoms with Crippen LogP contribution in [-0.2, 0) is 3.07 Å². The van der Waals surface area contributed by atoms with Crippen LogP contribution in [0.5, 0.6) is 0 Å². The summed E-state index contributed by atoms with van der Waals surface area (Å²) in [4.78, 5) is 0. The molecule has 0 saturated carbocycles. The zero-order chi connectivity index (χ0) is 6.69. The Kier molecular flexibility index (Phi) is 2.78. The van der Waals surface area contributed by atoms with E-state index in [0.29, 0.717) is 0 Å². The highest BCUT2D eigenvalue weighted by atomic mass is 127. The maximum Gasteiger partial charge on any atom is 0.183 e. The molecule has 0 fully saturated rings. The summed E-state index contributed by atoms with van der Waals surface area (Å²) >= 11 is 2.19. The summed E-state index contributed by atoms with van der Waals surface area (Å²) in [7, 11) is 0. The van der Waals surface area contributed by atoms with Gasteiger partial charge in [0.25, 0.3) is 0 Å². The van der Waals surface area contributed by atoms with Gasteiger partial charge in [-0.2, -0.15) is 0 Å². The Balaban J connectivity index is 3.15. The van der Waals surface area contributed by atoms with Gasteiger partial charge in [0.1, 0.15) is 0 Å². The van der Waals surface area contributed by atoms with E-state index >= 15 is 0 Å². The van der Waals surface area contributed by atoms with Gasteiger partial charge in [0.2, 0.25) is 0 Å². The van der Waals surface area contributed by atoms with E-state index in [1.165, 1.54) is 0 Å². The third-order valence-corrected chi connectivity index (χ3v) is 3.57. The first kappa shape index (κ1) is 7.34. The summed E-state index contributed by atoms with van der Waals surface area (Å²) in [5.41, 5.74) is 0. The minimum absolute atomic E-state index is 0.802. The Hall–Kier alpha value is 0.230. The molecule has 0 spiro atoms. The van der Waals surface area contributed by atoms with E-state index in [1.807, 2.05) is 12.1 Å². The van der Waals surface area contributed by atoms with Crippen molar-refractivity contribution in [1.82, 2.24) is 0 Å². The number of rotatable bonds is 1. The minimum Gasteiger partial charge on any atom is -0.265 e. The van der Waals surface area contributed by atoms with Crippen LogP contribution in [0.25, 0.3) is 0 Å². The highest BCUT2D eigenvalue weighted by Gasteiger charge is 1.94. The molecule has 0 aromatic heterocycles. The molecule has 0 aliphatic heterocycles. The summed E-state index contributed by atoms with van der Waals surface area (Å²) in [5, 5.41) is 0. The molecule has 0 aliphatic rings. The van der Waals surface area contributed by atoms with Crippen LogP contribution in [0.2, 0.25) is 0 Å². The van der Waals surface area contributed by atoms with Crippen molar-refractivity contribution < 1.29 is 3.07 Å². The van der Waals surface area contributed by atoms with Crippen molar-refractivity contribution in [3.63, 3.8) is 0 Å².